The fraction of sp³-hybridized carbons (Fsp3) is 0.143. The Labute approximate surface area is 113 Å². The molecule has 0 aromatic heterocycles. The van der Waals surface area contributed by atoms with Crippen molar-refractivity contribution in [2.45, 2.75) is 23.6 Å². The molecule has 0 amide bonds. The molecule has 0 N–H and O–H groups in total. The molecule has 0 saturated heterocycles. The van der Waals surface area contributed by atoms with Gasteiger partial charge < -0.3 is 0 Å². The summed E-state index contributed by atoms with van der Waals surface area (Å²) in [5.41, 5.74) is 2.18. The minimum Gasteiger partial charge on any atom is -0.207 e. The van der Waals surface area contributed by atoms with Crippen LogP contribution in [0.1, 0.15) is 11.1 Å². The molecule has 0 saturated carbocycles. The molecule has 0 spiro atoms. The van der Waals surface area contributed by atoms with Gasteiger partial charge in [0.15, 0.2) is 0 Å². The molecule has 0 atom stereocenters. The Bertz CT molecular complexity index is 502. The Kier molecular flexibility index (Phi) is 3.89. The van der Waals surface area contributed by atoms with Gasteiger partial charge >= 0.3 is 0 Å². The smallest absolute Gasteiger partial charge is 0.123 e. The molecule has 0 bridgehead atoms. The summed E-state index contributed by atoms with van der Waals surface area (Å²) in [6, 6.07) is 11.1. The van der Waals surface area contributed by atoms with Crippen molar-refractivity contribution >= 4 is 27.7 Å². The molecule has 17 heavy (non-hydrogen) atoms. The molecule has 0 nitrogen and oxygen atoms in total. The predicted molar refractivity (Wildman–Crippen MR) is 74.1 cm³/mol. The highest BCUT2D eigenvalue weighted by Gasteiger charge is 2.05. The Balaban J connectivity index is 2.31. The maximum absolute atomic E-state index is 13.0. The molecule has 0 unspecified atom stereocenters. The number of halogens is 2. The van der Waals surface area contributed by atoms with E-state index in [1.165, 1.54) is 11.6 Å². The molecule has 0 radical (unpaired) electrons. The van der Waals surface area contributed by atoms with Crippen LogP contribution in [0.2, 0.25) is 0 Å². The summed E-state index contributed by atoms with van der Waals surface area (Å²) in [6.07, 6.45) is 0. The van der Waals surface area contributed by atoms with E-state index >= 15 is 0 Å². The molecule has 0 aliphatic rings. The van der Waals surface area contributed by atoms with Crippen LogP contribution in [0.4, 0.5) is 4.39 Å². The van der Waals surface area contributed by atoms with Crippen LogP contribution >= 0.6 is 27.7 Å². The lowest BCUT2D eigenvalue weighted by Crippen LogP contribution is -1.83. The van der Waals surface area contributed by atoms with Crippen LogP contribution in [0.3, 0.4) is 0 Å². The van der Waals surface area contributed by atoms with Crippen molar-refractivity contribution < 1.29 is 4.39 Å². The molecular weight excluding hydrogens is 299 g/mol. The zero-order chi connectivity index (χ0) is 12.4. The predicted octanol–water partition coefficient (Wildman–Crippen LogP) is 5.36. The minimum atomic E-state index is -0.185. The van der Waals surface area contributed by atoms with E-state index in [4.69, 9.17) is 0 Å². The zero-order valence-electron chi connectivity index (χ0n) is 9.63. The summed E-state index contributed by atoms with van der Waals surface area (Å²) >= 11 is 5.19. The quantitative estimate of drug-likeness (QED) is 0.720. The Hall–Kier alpha value is -0.800. The second kappa shape index (κ2) is 5.23. The highest BCUT2D eigenvalue weighted by Crippen LogP contribution is 2.35. The third-order valence-electron chi connectivity index (χ3n) is 2.44. The summed E-state index contributed by atoms with van der Waals surface area (Å²) in [7, 11) is 0. The van der Waals surface area contributed by atoms with E-state index in [9.17, 15) is 4.39 Å². The monoisotopic (exact) mass is 310 g/mol. The molecule has 0 fully saturated rings. The van der Waals surface area contributed by atoms with Crippen LogP contribution < -0.4 is 0 Å². The third-order valence-corrected chi connectivity index (χ3v) is 4.62. The van der Waals surface area contributed by atoms with Crippen molar-refractivity contribution in [2.24, 2.45) is 0 Å². The molecule has 3 heteroatoms. The molecule has 0 heterocycles. The van der Waals surface area contributed by atoms with Crippen LogP contribution in [0.25, 0.3) is 0 Å². The SMILES string of the molecule is Cc1ccc(Sc2ccc(F)cc2C)c(Br)c1. The Morgan fingerprint density at radius 1 is 1.00 bits per heavy atom. The van der Waals surface area contributed by atoms with Gasteiger partial charge in [-0.3, -0.25) is 0 Å². The summed E-state index contributed by atoms with van der Waals surface area (Å²) < 4.78 is 14.1. The first-order chi connectivity index (χ1) is 8.06. The summed E-state index contributed by atoms with van der Waals surface area (Å²) in [5.74, 6) is -0.185. The second-order valence-electron chi connectivity index (χ2n) is 3.95. The van der Waals surface area contributed by atoms with E-state index in [0.29, 0.717) is 0 Å². The third kappa shape index (κ3) is 3.11. The van der Waals surface area contributed by atoms with Gasteiger partial charge in [-0.25, -0.2) is 4.39 Å². The summed E-state index contributed by atoms with van der Waals surface area (Å²) in [5, 5.41) is 0. The van der Waals surface area contributed by atoms with Gasteiger partial charge in [0.1, 0.15) is 5.82 Å². The fourth-order valence-corrected chi connectivity index (χ4v) is 3.16. The molecular formula is C14H12BrFS. The molecule has 2 aromatic rings. The van der Waals surface area contributed by atoms with Crippen molar-refractivity contribution in [1.29, 1.82) is 0 Å². The van der Waals surface area contributed by atoms with E-state index in [0.717, 1.165) is 19.8 Å². The largest absolute Gasteiger partial charge is 0.207 e. The first-order valence-electron chi connectivity index (χ1n) is 5.26. The molecule has 2 aromatic carbocycles. The number of aryl methyl sites for hydroxylation is 2. The van der Waals surface area contributed by atoms with E-state index in [-0.39, 0.29) is 5.82 Å². The van der Waals surface area contributed by atoms with Gasteiger partial charge in [-0.15, -0.1) is 0 Å². The first kappa shape index (κ1) is 12.7. The number of rotatable bonds is 2. The first-order valence-corrected chi connectivity index (χ1v) is 6.87. The maximum atomic E-state index is 13.0. The van der Waals surface area contributed by atoms with Crippen molar-refractivity contribution in [3.05, 3.63) is 57.8 Å². The van der Waals surface area contributed by atoms with Crippen LogP contribution in [0.15, 0.2) is 50.7 Å². The lowest BCUT2D eigenvalue weighted by Gasteiger charge is -2.08. The Morgan fingerprint density at radius 2 is 1.71 bits per heavy atom. The molecule has 88 valence electrons. The van der Waals surface area contributed by atoms with Gasteiger partial charge in [-0.05, 0) is 71.2 Å². The normalized spacial score (nSPS) is 10.6. The van der Waals surface area contributed by atoms with E-state index in [2.05, 4.69) is 41.1 Å². The van der Waals surface area contributed by atoms with Crippen LogP contribution in [-0.4, -0.2) is 0 Å². The van der Waals surface area contributed by atoms with E-state index in [1.807, 2.05) is 13.0 Å². The van der Waals surface area contributed by atoms with Gasteiger partial charge in [-0.1, -0.05) is 17.8 Å². The van der Waals surface area contributed by atoms with Gasteiger partial charge in [0.2, 0.25) is 0 Å². The van der Waals surface area contributed by atoms with Gasteiger partial charge in [0.05, 0.1) is 0 Å². The van der Waals surface area contributed by atoms with Crippen LogP contribution in [-0.2, 0) is 0 Å². The van der Waals surface area contributed by atoms with Crippen LogP contribution in [0.5, 0.6) is 0 Å². The number of benzene rings is 2. The van der Waals surface area contributed by atoms with Crippen molar-refractivity contribution in [1.82, 2.24) is 0 Å². The molecule has 2 rings (SSSR count). The van der Waals surface area contributed by atoms with E-state index in [1.54, 1.807) is 17.8 Å². The lowest BCUT2D eigenvalue weighted by molar-refractivity contribution is 0.625. The highest BCUT2D eigenvalue weighted by atomic mass is 79.9. The average molecular weight is 311 g/mol. The topological polar surface area (TPSA) is 0 Å². The summed E-state index contributed by atoms with van der Waals surface area (Å²) in [6.45, 7) is 3.98. The van der Waals surface area contributed by atoms with Crippen LogP contribution in [0, 0.1) is 19.7 Å². The zero-order valence-corrected chi connectivity index (χ0v) is 12.0. The standard InChI is InChI=1S/C14H12BrFS/c1-9-3-5-14(12(15)7-9)17-13-6-4-11(16)8-10(13)2/h3-8H,1-2H3. The summed E-state index contributed by atoms with van der Waals surface area (Å²) in [4.78, 5) is 2.22. The second-order valence-corrected chi connectivity index (χ2v) is 5.88. The molecule has 0 aliphatic heterocycles. The number of hydrogen-bond donors (Lipinski definition) is 0. The highest BCUT2D eigenvalue weighted by molar-refractivity contribution is 9.10. The fourth-order valence-electron chi connectivity index (χ4n) is 1.53. The van der Waals surface area contributed by atoms with E-state index < -0.39 is 0 Å². The lowest BCUT2D eigenvalue weighted by atomic mass is 10.2. The maximum Gasteiger partial charge on any atom is 0.123 e. The number of hydrogen-bond acceptors (Lipinski definition) is 1. The van der Waals surface area contributed by atoms with Gasteiger partial charge in [-0.2, -0.15) is 0 Å². The van der Waals surface area contributed by atoms with Crippen molar-refractivity contribution in [3.8, 4) is 0 Å². The van der Waals surface area contributed by atoms with Crippen molar-refractivity contribution in [2.75, 3.05) is 0 Å². The minimum absolute atomic E-state index is 0.185. The Morgan fingerprint density at radius 3 is 2.35 bits per heavy atom. The van der Waals surface area contributed by atoms with Gasteiger partial charge in [0, 0.05) is 14.3 Å². The van der Waals surface area contributed by atoms with Gasteiger partial charge in [0.25, 0.3) is 0 Å². The molecule has 0 aliphatic carbocycles. The van der Waals surface area contributed by atoms with Crippen molar-refractivity contribution in [3.63, 3.8) is 0 Å². The average Bonchev–Trinajstić information content (AvgIpc) is 2.25.